The van der Waals surface area contributed by atoms with Gasteiger partial charge in [0.2, 0.25) is 5.91 Å². The molecule has 0 spiro atoms. The van der Waals surface area contributed by atoms with Gasteiger partial charge in [-0.1, -0.05) is 49.0 Å². The first-order valence-electron chi connectivity index (χ1n) is 9.30. The fraction of sp³-hybridized carbons (Fsp3) is 0.174. The number of carbonyl (C=O) groups excluding carboxylic acids is 2. The molecule has 1 atom stereocenters. The standard InChI is InChI=1S/C23H21N3O2/c1-15-19-10-3-4-11-20(19)23(28)26(15)16(2)22(27)25-14-12-18-8-5-7-17-9-6-13-24-21(17)18/h3-11,13,16H,1,12,14H2,2H3,(H,25,27)/t16-/m0/s1. The van der Waals surface area contributed by atoms with Crippen molar-refractivity contribution >= 4 is 28.4 Å². The van der Waals surface area contributed by atoms with Gasteiger partial charge in [0.05, 0.1) is 5.52 Å². The molecule has 28 heavy (non-hydrogen) atoms. The highest BCUT2D eigenvalue weighted by Gasteiger charge is 2.36. The van der Waals surface area contributed by atoms with E-state index in [2.05, 4.69) is 16.9 Å². The van der Waals surface area contributed by atoms with Crippen LogP contribution in [-0.2, 0) is 11.2 Å². The van der Waals surface area contributed by atoms with Crippen molar-refractivity contribution in [2.75, 3.05) is 6.54 Å². The number of pyridine rings is 1. The molecule has 1 aromatic heterocycles. The number of aromatic nitrogens is 1. The predicted octanol–water partition coefficient (Wildman–Crippen LogP) is 3.41. The first-order valence-corrected chi connectivity index (χ1v) is 9.30. The van der Waals surface area contributed by atoms with Crippen LogP contribution in [0.25, 0.3) is 16.6 Å². The molecule has 2 amide bonds. The average molecular weight is 371 g/mol. The number of amides is 2. The molecule has 5 heteroatoms. The van der Waals surface area contributed by atoms with Crippen molar-refractivity contribution in [1.29, 1.82) is 0 Å². The molecule has 4 rings (SSSR count). The monoisotopic (exact) mass is 371 g/mol. The Morgan fingerprint density at radius 1 is 1.11 bits per heavy atom. The largest absolute Gasteiger partial charge is 0.354 e. The van der Waals surface area contributed by atoms with E-state index in [0.29, 0.717) is 24.2 Å². The van der Waals surface area contributed by atoms with Crippen molar-refractivity contribution in [3.8, 4) is 0 Å². The minimum atomic E-state index is -0.627. The van der Waals surface area contributed by atoms with E-state index >= 15 is 0 Å². The number of benzene rings is 2. The molecule has 0 saturated heterocycles. The maximum atomic E-state index is 12.7. The zero-order chi connectivity index (χ0) is 19.7. The van der Waals surface area contributed by atoms with Crippen molar-refractivity contribution in [2.24, 2.45) is 0 Å². The van der Waals surface area contributed by atoms with Crippen molar-refractivity contribution in [3.05, 3.63) is 84.1 Å². The van der Waals surface area contributed by atoms with Crippen LogP contribution >= 0.6 is 0 Å². The van der Waals surface area contributed by atoms with Crippen LogP contribution in [0.3, 0.4) is 0 Å². The van der Waals surface area contributed by atoms with Gasteiger partial charge in [-0.2, -0.15) is 0 Å². The van der Waals surface area contributed by atoms with E-state index in [1.54, 1.807) is 19.2 Å². The fourth-order valence-corrected chi connectivity index (χ4v) is 3.67. The van der Waals surface area contributed by atoms with Crippen LogP contribution < -0.4 is 5.32 Å². The summed E-state index contributed by atoms with van der Waals surface area (Å²) in [6.07, 6.45) is 2.44. The van der Waals surface area contributed by atoms with E-state index in [4.69, 9.17) is 0 Å². The average Bonchev–Trinajstić information content (AvgIpc) is 2.98. The number of rotatable bonds is 5. The summed E-state index contributed by atoms with van der Waals surface area (Å²) in [5.74, 6) is -0.378. The Morgan fingerprint density at radius 2 is 1.86 bits per heavy atom. The second-order valence-electron chi connectivity index (χ2n) is 6.88. The van der Waals surface area contributed by atoms with Crippen LogP contribution in [0.5, 0.6) is 0 Å². The van der Waals surface area contributed by atoms with Crippen LogP contribution in [-0.4, -0.2) is 34.3 Å². The van der Waals surface area contributed by atoms with Gasteiger partial charge in [-0.15, -0.1) is 0 Å². The minimum Gasteiger partial charge on any atom is -0.354 e. The lowest BCUT2D eigenvalue weighted by Crippen LogP contribution is -2.45. The second-order valence-corrected chi connectivity index (χ2v) is 6.88. The van der Waals surface area contributed by atoms with Gasteiger partial charge >= 0.3 is 0 Å². The van der Waals surface area contributed by atoms with Gasteiger partial charge in [-0.05, 0) is 31.0 Å². The third-order valence-corrected chi connectivity index (χ3v) is 5.15. The molecule has 5 nitrogen and oxygen atoms in total. The number of carbonyl (C=O) groups is 2. The number of fused-ring (bicyclic) bond motifs is 2. The molecule has 3 aromatic rings. The molecule has 1 N–H and O–H groups in total. The summed E-state index contributed by atoms with van der Waals surface area (Å²) in [5.41, 5.74) is 3.98. The highest BCUT2D eigenvalue weighted by Crippen LogP contribution is 2.32. The third-order valence-electron chi connectivity index (χ3n) is 5.15. The predicted molar refractivity (Wildman–Crippen MR) is 110 cm³/mol. The van der Waals surface area contributed by atoms with Gasteiger partial charge in [-0.25, -0.2) is 0 Å². The number of hydrogen-bond donors (Lipinski definition) is 1. The Bertz CT molecular complexity index is 1050. The molecule has 0 unspecified atom stereocenters. The van der Waals surface area contributed by atoms with Crippen molar-refractivity contribution in [2.45, 2.75) is 19.4 Å². The lowest BCUT2D eigenvalue weighted by atomic mass is 10.1. The summed E-state index contributed by atoms with van der Waals surface area (Å²) < 4.78 is 0. The Labute approximate surface area is 163 Å². The van der Waals surface area contributed by atoms with Gasteiger partial charge in [0.15, 0.2) is 0 Å². The normalized spacial score (nSPS) is 14.2. The molecule has 0 radical (unpaired) electrons. The third kappa shape index (κ3) is 3.05. The molecule has 2 aromatic carbocycles. The topological polar surface area (TPSA) is 62.3 Å². The molecule has 0 bridgehead atoms. The van der Waals surface area contributed by atoms with Gasteiger partial charge in [-0.3, -0.25) is 19.5 Å². The summed E-state index contributed by atoms with van der Waals surface area (Å²) in [4.78, 5) is 31.3. The van der Waals surface area contributed by atoms with Gasteiger partial charge in [0.25, 0.3) is 5.91 Å². The first kappa shape index (κ1) is 17.9. The lowest BCUT2D eigenvalue weighted by molar-refractivity contribution is -0.124. The molecule has 1 aliphatic rings. The molecule has 0 fully saturated rings. The van der Waals surface area contributed by atoms with Crippen LogP contribution in [0, 0.1) is 0 Å². The Hall–Kier alpha value is -3.47. The van der Waals surface area contributed by atoms with E-state index < -0.39 is 6.04 Å². The summed E-state index contributed by atoms with van der Waals surface area (Å²) in [6, 6.07) is 16.6. The van der Waals surface area contributed by atoms with E-state index in [0.717, 1.165) is 22.0 Å². The molecule has 2 heterocycles. The summed E-state index contributed by atoms with van der Waals surface area (Å²) >= 11 is 0. The maximum Gasteiger partial charge on any atom is 0.259 e. The Balaban J connectivity index is 1.42. The number of hydrogen-bond acceptors (Lipinski definition) is 3. The van der Waals surface area contributed by atoms with Crippen molar-refractivity contribution in [1.82, 2.24) is 15.2 Å². The Morgan fingerprint density at radius 3 is 2.64 bits per heavy atom. The fourth-order valence-electron chi connectivity index (χ4n) is 3.67. The van der Waals surface area contributed by atoms with Gasteiger partial charge in [0, 0.05) is 35.0 Å². The molecule has 0 aliphatic carbocycles. The van der Waals surface area contributed by atoms with Crippen molar-refractivity contribution < 1.29 is 9.59 Å². The van der Waals surface area contributed by atoms with Gasteiger partial charge < -0.3 is 5.32 Å². The zero-order valence-electron chi connectivity index (χ0n) is 15.7. The first-order chi connectivity index (χ1) is 13.6. The van der Waals surface area contributed by atoms with Crippen LogP contribution in [0.1, 0.15) is 28.4 Å². The molecular weight excluding hydrogens is 350 g/mol. The molecule has 140 valence electrons. The van der Waals surface area contributed by atoms with Gasteiger partial charge in [0.1, 0.15) is 6.04 Å². The van der Waals surface area contributed by atoms with E-state index in [-0.39, 0.29) is 11.8 Å². The van der Waals surface area contributed by atoms with E-state index in [1.807, 2.05) is 48.5 Å². The minimum absolute atomic E-state index is 0.179. The van der Waals surface area contributed by atoms with Crippen LogP contribution in [0.4, 0.5) is 0 Å². The van der Waals surface area contributed by atoms with Crippen LogP contribution in [0.15, 0.2) is 67.4 Å². The lowest BCUT2D eigenvalue weighted by Gasteiger charge is -2.24. The number of para-hydroxylation sites is 1. The summed E-state index contributed by atoms with van der Waals surface area (Å²) in [6.45, 7) is 6.21. The maximum absolute atomic E-state index is 12.7. The second kappa shape index (κ2) is 7.27. The smallest absolute Gasteiger partial charge is 0.259 e. The molecular formula is C23H21N3O2. The van der Waals surface area contributed by atoms with Crippen LogP contribution in [0.2, 0.25) is 0 Å². The quantitative estimate of drug-likeness (QED) is 0.748. The number of nitrogens with zero attached hydrogens (tertiary/aromatic N) is 2. The highest BCUT2D eigenvalue weighted by atomic mass is 16.2. The van der Waals surface area contributed by atoms with E-state index in [9.17, 15) is 9.59 Å². The highest BCUT2D eigenvalue weighted by molar-refractivity contribution is 6.10. The Kier molecular flexibility index (Phi) is 4.65. The zero-order valence-corrected chi connectivity index (χ0v) is 15.7. The summed E-state index contributed by atoms with van der Waals surface area (Å²) in [7, 11) is 0. The molecule has 0 saturated carbocycles. The molecule has 1 aliphatic heterocycles. The van der Waals surface area contributed by atoms with Crippen molar-refractivity contribution in [3.63, 3.8) is 0 Å². The number of nitrogens with one attached hydrogen (secondary N) is 1. The summed E-state index contributed by atoms with van der Waals surface area (Å²) in [5, 5.41) is 4.02. The SMILES string of the molecule is C=C1c2ccccc2C(=O)N1[C@@H](C)C(=O)NCCc1cccc2cccnc12. The van der Waals surface area contributed by atoms with E-state index in [1.165, 1.54) is 4.90 Å².